The van der Waals surface area contributed by atoms with Crippen molar-refractivity contribution in [2.45, 2.75) is 13.5 Å². The third-order valence-corrected chi connectivity index (χ3v) is 1.74. The van der Waals surface area contributed by atoms with E-state index >= 15 is 0 Å². The van der Waals surface area contributed by atoms with Crippen molar-refractivity contribution in [3.63, 3.8) is 0 Å². The molecule has 4 heteroatoms. The summed E-state index contributed by atoms with van der Waals surface area (Å²) in [6.45, 7) is 2.68. The zero-order chi connectivity index (χ0) is 10.6. The number of carboxylic acid groups (broad SMARTS) is 1. The monoisotopic (exact) mass is 198 g/mol. The van der Waals surface area contributed by atoms with Crippen LogP contribution in [-0.2, 0) is 11.3 Å². The van der Waals surface area contributed by atoms with Crippen LogP contribution < -0.4 is 0 Å². The number of rotatable bonds is 4. The topological polar surface area (TPSA) is 46.5 Å². The van der Waals surface area contributed by atoms with E-state index in [1.807, 2.05) is 6.92 Å². The van der Waals surface area contributed by atoms with Crippen LogP contribution >= 0.6 is 0 Å². The van der Waals surface area contributed by atoms with Gasteiger partial charge in [-0.3, -0.25) is 0 Å². The fourth-order valence-corrected chi connectivity index (χ4v) is 1.04. The van der Waals surface area contributed by atoms with Crippen molar-refractivity contribution in [1.29, 1.82) is 0 Å². The van der Waals surface area contributed by atoms with E-state index in [0.29, 0.717) is 18.8 Å². The summed E-state index contributed by atoms with van der Waals surface area (Å²) in [6, 6.07) is 3.97. The number of aromatic carboxylic acids is 1. The Hall–Kier alpha value is -1.42. The van der Waals surface area contributed by atoms with Crippen molar-refractivity contribution < 1.29 is 19.0 Å². The van der Waals surface area contributed by atoms with Crippen molar-refractivity contribution >= 4 is 5.97 Å². The van der Waals surface area contributed by atoms with Crippen LogP contribution in [0.4, 0.5) is 4.39 Å². The first-order chi connectivity index (χ1) is 6.65. The summed E-state index contributed by atoms with van der Waals surface area (Å²) in [5.74, 6) is -1.99. The smallest absolute Gasteiger partial charge is 0.338 e. The second kappa shape index (κ2) is 4.72. The largest absolute Gasteiger partial charge is 0.478 e. The Morgan fingerprint density at radius 3 is 2.79 bits per heavy atom. The lowest BCUT2D eigenvalue weighted by Crippen LogP contribution is -2.01. The Labute approximate surface area is 81.1 Å². The molecule has 0 spiro atoms. The van der Waals surface area contributed by atoms with Crippen molar-refractivity contribution in [2.24, 2.45) is 0 Å². The summed E-state index contributed by atoms with van der Waals surface area (Å²) in [6.07, 6.45) is 0. The second-order valence-corrected chi connectivity index (χ2v) is 2.76. The summed E-state index contributed by atoms with van der Waals surface area (Å²) in [5, 5.41) is 8.56. The van der Waals surface area contributed by atoms with E-state index in [1.54, 1.807) is 6.07 Å². The summed E-state index contributed by atoms with van der Waals surface area (Å²) >= 11 is 0. The maximum Gasteiger partial charge on any atom is 0.338 e. The molecule has 0 aliphatic heterocycles. The van der Waals surface area contributed by atoms with Gasteiger partial charge in [0.05, 0.1) is 12.2 Å². The van der Waals surface area contributed by atoms with Crippen LogP contribution in [0.1, 0.15) is 22.8 Å². The normalized spacial score (nSPS) is 10.1. The molecule has 14 heavy (non-hydrogen) atoms. The summed E-state index contributed by atoms with van der Waals surface area (Å²) in [5.41, 5.74) is 0.319. The maximum atomic E-state index is 13.1. The molecule has 1 aromatic carbocycles. The van der Waals surface area contributed by atoms with Gasteiger partial charge in [-0.2, -0.15) is 0 Å². The molecule has 0 unspecified atom stereocenters. The highest BCUT2D eigenvalue weighted by Crippen LogP contribution is 2.11. The number of ether oxygens (including phenoxy) is 1. The number of hydrogen-bond acceptors (Lipinski definition) is 2. The zero-order valence-corrected chi connectivity index (χ0v) is 7.79. The number of hydrogen-bond donors (Lipinski definition) is 1. The van der Waals surface area contributed by atoms with E-state index in [4.69, 9.17) is 9.84 Å². The minimum Gasteiger partial charge on any atom is -0.478 e. The SMILES string of the molecule is CCOCc1ccc(C(=O)O)c(F)c1. The first-order valence-electron chi connectivity index (χ1n) is 4.24. The van der Waals surface area contributed by atoms with E-state index < -0.39 is 11.8 Å². The average molecular weight is 198 g/mol. The molecular formula is C10H11FO3. The average Bonchev–Trinajstić information content (AvgIpc) is 2.14. The first-order valence-corrected chi connectivity index (χ1v) is 4.24. The first kappa shape index (κ1) is 10.7. The Bertz CT molecular complexity index is 336. The van der Waals surface area contributed by atoms with Gasteiger partial charge in [0, 0.05) is 6.61 Å². The van der Waals surface area contributed by atoms with Gasteiger partial charge in [0.25, 0.3) is 0 Å². The molecule has 0 saturated heterocycles. The third kappa shape index (κ3) is 2.53. The third-order valence-electron chi connectivity index (χ3n) is 1.74. The Morgan fingerprint density at radius 1 is 1.57 bits per heavy atom. The lowest BCUT2D eigenvalue weighted by Gasteiger charge is -2.03. The fourth-order valence-electron chi connectivity index (χ4n) is 1.04. The van der Waals surface area contributed by atoms with Crippen LogP contribution in [-0.4, -0.2) is 17.7 Å². The van der Waals surface area contributed by atoms with Gasteiger partial charge in [0.1, 0.15) is 5.82 Å². The summed E-state index contributed by atoms with van der Waals surface area (Å²) < 4.78 is 18.2. The summed E-state index contributed by atoms with van der Waals surface area (Å²) in [7, 11) is 0. The number of carbonyl (C=O) groups is 1. The molecule has 0 fully saturated rings. The molecule has 0 aromatic heterocycles. The van der Waals surface area contributed by atoms with Gasteiger partial charge in [-0.05, 0) is 24.6 Å². The van der Waals surface area contributed by atoms with Gasteiger partial charge in [-0.25, -0.2) is 9.18 Å². The highest BCUT2D eigenvalue weighted by atomic mass is 19.1. The zero-order valence-electron chi connectivity index (χ0n) is 7.79. The van der Waals surface area contributed by atoms with Gasteiger partial charge in [0.15, 0.2) is 0 Å². The minimum atomic E-state index is -1.26. The molecule has 0 bridgehead atoms. The minimum absolute atomic E-state index is 0.299. The molecule has 3 nitrogen and oxygen atoms in total. The molecule has 76 valence electrons. The van der Waals surface area contributed by atoms with Gasteiger partial charge >= 0.3 is 5.97 Å². The molecule has 0 aliphatic carbocycles. The number of carboxylic acids is 1. The second-order valence-electron chi connectivity index (χ2n) is 2.76. The predicted molar refractivity (Wildman–Crippen MR) is 48.7 cm³/mol. The highest BCUT2D eigenvalue weighted by molar-refractivity contribution is 5.87. The van der Waals surface area contributed by atoms with Crippen LogP contribution in [0.15, 0.2) is 18.2 Å². The van der Waals surface area contributed by atoms with E-state index in [0.717, 1.165) is 0 Å². The molecule has 0 atom stereocenters. The van der Waals surface area contributed by atoms with E-state index in [1.165, 1.54) is 12.1 Å². The highest BCUT2D eigenvalue weighted by Gasteiger charge is 2.09. The van der Waals surface area contributed by atoms with E-state index in [-0.39, 0.29) is 5.56 Å². The molecule has 1 aromatic rings. The van der Waals surface area contributed by atoms with E-state index in [2.05, 4.69) is 0 Å². The van der Waals surface area contributed by atoms with E-state index in [9.17, 15) is 9.18 Å². The molecule has 0 aliphatic rings. The van der Waals surface area contributed by atoms with Gasteiger partial charge in [-0.15, -0.1) is 0 Å². The summed E-state index contributed by atoms with van der Waals surface area (Å²) in [4.78, 5) is 10.5. The lowest BCUT2D eigenvalue weighted by atomic mass is 10.1. The van der Waals surface area contributed by atoms with Crippen molar-refractivity contribution in [3.8, 4) is 0 Å². The number of benzene rings is 1. The number of halogens is 1. The van der Waals surface area contributed by atoms with Crippen molar-refractivity contribution in [2.75, 3.05) is 6.61 Å². The quantitative estimate of drug-likeness (QED) is 0.805. The molecule has 0 radical (unpaired) electrons. The molecule has 1 N–H and O–H groups in total. The van der Waals surface area contributed by atoms with Crippen molar-refractivity contribution in [1.82, 2.24) is 0 Å². The molecule has 0 amide bonds. The van der Waals surface area contributed by atoms with Crippen LogP contribution in [0.25, 0.3) is 0 Å². The van der Waals surface area contributed by atoms with Gasteiger partial charge in [-0.1, -0.05) is 6.07 Å². The van der Waals surface area contributed by atoms with Gasteiger partial charge < -0.3 is 9.84 Å². The van der Waals surface area contributed by atoms with Crippen LogP contribution in [0.5, 0.6) is 0 Å². The van der Waals surface area contributed by atoms with Crippen LogP contribution in [0.3, 0.4) is 0 Å². The van der Waals surface area contributed by atoms with Crippen molar-refractivity contribution in [3.05, 3.63) is 35.1 Å². The van der Waals surface area contributed by atoms with Crippen LogP contribution in [0.2, 0.25) is 0 Å². The maximum absolute atomic E-state index is 13.1. The molecule has 0 saturated carbocycles. The molecular weight excluding hydrogens is 187 g/mol. The van der Waals surface area contributed by atoms with Crippen LogP contribution in [0, 0.1) is 5.82 Å². The predicted octanol–water partition coefficient (Wildman–Crippen LogP) is 2.06. The standard InChI is InChI=1S/C10H11FO3/c1-2-14-6-7-3-4-8(10(12)13)9(11)5-7/h3-5H,2,6H2,1H3,(H,12,13). The Morgan fingerprint density at radius 2 is 2.29 bits per heavy atom. The molecule has 0 heterocycles. The lowest BCUT2D eigenvalue weighted by molar-refractivity contribution is 0.0691. The molecule has 1 rings (SSSR count). The Kier molecular flexibility index (Phi) is 3.59. The Balaban J connectivity index is 2.83. The van der Waals surface area contributed by atoms with Gasteiger partial charge in [0.2, 0.25) is 0 Å². The fraction of sp³-hybridized carbons (Fsp3) is 0.300.